The van der Waals surface area contributed by atoms with Crippen molar-refractivity contribution in [1.29, 1.82) is 0 Å². The lowest BCUT2D eigenvalue weighted by molar-refractivity contribution is 0.419. The number of aromatic nitrogens is 1. The Morgan fingerprint density at radius 3 is 3.09 bits per heavy atom. The number of H-pyrrole nitrogens is 1. The van der Waals surface area contributed by atoms with Gasteiger partial charge in [0.15, 0.2) is 0 Å². The van der Waals surface area contributed by atoms with Gasteiger partial charge in [0, 0.05) is 6.20 Å². The molecule has 60 valence electrons. The largest absolute Gasteiger partial charge is 0.416 e. The molecular formula is C7H10N2O2. The second-order valence-electron chi connectivity index (χ2n) is 2.73. The first-order valence-electron chi connectivity index (χ1n) is 3.78. The first-order valence-corrected chi connectivity index (χ1v) is 3.78. The van der Waals surface area contributed by atoms with Crippen LogP contribution in [0.3, 0.4) is 0 Å². The van der Waals surface area contributed by atoms with Crippen molar-refractivity contribution in [2.75, 3.05) is 6.54 Å². The fraction of sp³-hybridized carbons (Fsp3) is 0.571. The molecule has 2 N–H and O–H groups in total. The van der Waals surface area contributed by atoms with Crippen LogP contribution in [0.25, 0.3) is 0 Å². The first kappa shape index (κ1) is 6.67. The summed E-state index contributed by atoms with van der Waals surface area (Å²) in [6.45, 7) is 1.01. The van der Waals surface area contributed by atoms with Crippen molar-refractivity contribution < 1.29 is 4.42 Å². The van der Waals surface area contributed by atoms with Gasteiger partial charge in [0.1, 0.15) is 5.76 Å². The van der Waals surface area contributed by atoms with Gasteiger partial charge in [-0.25, -0.2) is 4.79 Å². The number of oxazole rings is 1. The molecule has 1 unspecified atom stereocenters. The topological polar surface area (TPSA) is 58.0 Å². The Morgan fingerprint density at radius 2 is 2.55 bits per heavy atom. The molecule has 0 aromatic carbocycles. The van der Waals surface area contributed by atoms with E-state index in [1.807, 2.05) is 0 Å². The van der Waals surface area contributed by atoms with Gasteiger partial charge >= 0.3 is 5.76 Å². The van der Waals surface area contributed by atoms with Crippen molar-refractivity contribution in [3.63, 3.8) is 0 Å². The van der Waals surface area contributed by atoms with Gasteiger partial charge in [-0.15, -0.1) is 0 Å². The molecule has 11 heavy (non-hydrogen) atoms. The SMILES string of the molecule is O=c1[nH]cc(C2CCCN2)o1. The van der Waals surface area contributed by atoms with E-state index in [4.69, 9.17) is 4.42 Å². The van der Waals surface area contributed by atoms with E-state index in [1.54, 1.807) is 6.20 Å². The fourth-order valence-corrected chi connectivity index (χ4v) is 1.40. The molecule has 0 saturated carbocycles. The second kappa shape index (κ2) is 2.54. The third kappa shape index (κ3) is 1.21. The number of hydrogen-bond acceptors (Lipinski definition) is 3. The van der Waals surface area contributed by atoms with Gasteiger partial charge in [0.25, 0.3) is 0 Å². The zero-order valence-electron chi connectivity index (χ0n) is 6.09. The number of aromatic amines is 1. The Labute approximate surface area is 63.6 Å². The van der Waals surface area contributed by atoms with E-state index in [-0.39, 0.29) is 11.8 Å². The molecule has 1 aliphatic heterocycles. The molecule has 0 amide bonds. The van der Waals surface area contributed by atoms with Crippen LogP contribution in [0.1, 0.15) is 24.6 Å². The number of rotatable bonds is 1. The molecule has 1 aromatic rings. The van der Waals surface area contributed by atoms with E-state index >= 15 is 0 Å². The Morgan fingerprint density at radius 1 is 1.64 bits per heavy atom. The Bertz CT molecular complexity index is 283. The van der Waals surface area contributed by atoms with Crippen LogP contribution in [0.15, 0.2) is 15.4 Å². The lowest BCUT2D eigenvalue weighted by atomic mass is 10.2. The molecule has 4 nitrogen and oxygen atoms in total. The van der Waals surface area contributed by atoms with E-state index in [1.165, 1.54) is 0 Å². The summed E-state index contributed by atoms with van der Waals surface area (Å²) in [4.78, 5) is 13.1. The molecule has 0 radical (unpaired) electrons. The standard InChI is InChI=1S/C7H10N2O2/c10-7-9-4-6(11-7)5-2-1-3-8-5/h4-5,8H,1-3H2,(H,9,10). The molecule has 0 aliphatic carbocycles. The van der Waals surface area contributed by atoms with Crippen LogP contribution in [-0.2, 0) is 0 Å². The predicted molar refractivity (Wildman–Crippen MR) is 39.3 cm³/mol. The molecule has 2 heterocycles. The lowest BCUT2D eigenvalue weighted by Gasteiger charge is -2.02. The van der Waals surface area contributed by atoms with Crippen molar-refractivity contribution in [2.45, 2.75) is 18.9 Å². The number of hydrogen-bond donors (Lipinski definition) is 2. The summed E-state index contributed by atoms with van der Waals surface area (Å²) in [6, 6.07) is 0.244. The average Bonchev–Trinajstić information content (AvgIpc) is 2.55. The lowest BCUT2D eigenvalue weighted by Crippen LogP contribution is -2.12. The summed E-state index contributed by atoms with van der Waals surface area (Å²) >= 11 is 0. The average molecular weight is 154 g/mol. The van der Waals surface area contributed by atoms with Crippen LogP contribution in [0.2, 0.25) is 0 Å². The van der Waals surface area contributed by atoms with Gasteiger partial charge in [-0.3, -0.25) is 4.98 Å². The minimum Gasteiger partial charge on any atom is -0.411 e. The third-order valence-electron chi connectivity index (χ3n) is 1.95. The fourth-order valence-electron chi connectivity index (χ4n) is 1.40. The molecule has 1 saturated heterocycles. The second-order valence-corrected chi connectivity index (χ2v) is 2.73. The normalized spacial score (nSPS) is 24.2. The first-order chi connectivity index (χ1) is 5.36. The van der Waals surface area contributed by atoms with E-state index in [9.17, 15) is 4.79 Å². The van der Waals surface area contributed by atoms with E-state index in [0.29, 0.717) is 0 Å². The Kier molecular flexibility index (Phi) is 1.54. The molecule has 1 aliphatic rings. The zero-order valence-corrected chi connectivity index (χ0v) is 6.09. The van der Waals surface area contributed by atoms with Crippen LogP contribution in [0.4, 0.5) is 0 Å². The summed E-state index contributed by atoms with van der Waals surface area (Å²) in [5.74, 6) is 0.362. The maximum absolute atomic E-state index is 10.6. The molecule has 1 fully saturated rings. The number of nitrogens with one attached hydrogen (secondary N) is 2. The van der Waals surface area contributed by atoms with Crippen molar-refractivity contribution in [3.8, 4) is 0 Å². The van der Waals surface area contributed by atoms with Crippen molar-refractivity contribution in [3.05, 3.63) is 22.5 Å². The molecule has 1 atom stereocenters. The highest BCUT2D eigenvalue weighted by atomic mass is 16.4. The monoisotopic (exact) mass is 154 g/mol. The minimum absolute atomic E-state index is 0.244. The van der Waals surface area contributed by atoms with Crippen LogP contribution < -0.4 is 11.1 Å². The Balaban J connectivity index is 2.21. The van der Waals surface area contributed by atoms with Gasteiger partial charge in [0.05, 0.1) is 6.04 Å². The predicted octanol–water partition coefficient (Wildman–Crippen LogP) is 0.392. The van der Waals surface area contributed by atoms with E-state index < -0.39 is 0 Å². The summed E-state index contributed by atoms with van der Waals surface area (Å²) in [5.41, 5.74) is 0. The van der Waals surface area contributed by atoms with Crippen molar-refractivity contribution >= 4 is 0 Å². The quantitative estimate of drug-likeness (QED) is 0.615. The molecule has 0 bridgehead atoms. The molecule has 4 heteroatoms. The molecule has 1 aromatic heterocycles. The molecular weight excluding hydrogens is 144 g/mol. The molecule has 0 spiro atoms. The Hall–Kier alpha value is -1.03. The minimum atomic E-state index is -0.367. The van der Waals surface area contributed by atoms with E-state index in [0.717, 1.165) is 25.1 Å². The maximum Gasteiger partial charge on any atom is 0.416 e. The zero-order chi connectivity index (χ0) is 7.68. The smallest absolute Gasteiger partial charge is 0.411 e. The highest BCUT2D eigenvalue weighted by Gasteiger charge is 2.18. The summed E-state index contributed by atoms with van der Waals surface area (Å²) in [6.07, 6.45) is 3.84. The van der Waals surface area contributed by atoms with Crippen LogP contribution in [0, 0.1) is 0 Å². The maximum atomic E-state index is 10.6. The van der Waals surface area contributed by atoms with Crippen LogP contribution in [-0.4, -0.2) is 11.5 Å². The van der Waals surface area contributed by atoms with Crippen molar-refractivity contribution in [1.82, 2.24) is 10.3 Å². The highest BCUT2D eigenvalue weighted by molar-refractivity contribution is 4.99. The van der Waals surface area contributed by atoms with Crippen LogP contribution >= 0.6 is 0 Å². The van der Waals surface area contributed by atoms with Crippen LogP contribution in [0.5, 0.6) is 0 Å². The molecule has 2 rings (SSSR count). The van der Waals surface area contributed by atoms with Gasteiger partial charge in [-0.2, -0.15) is 0 Å². The highest BCUT2D eigenvalue weighted by Crippen LogP contribution is 2.20. The van der Waals surface area contributed by atoms with Crippen molar-refractivity contribution in [2.24, 2.45) is 0 Å². The third-order valence-corrected chi connectivity index (χ3v) is 1.95. The van der Waals surface area contributed by atoms with E-state index in [2.05, 4.69) is 10.3 Å². The van der Waals surface area contributed by atoms with Gasteiger partial charge in [-0.05, 0) is 19.4 Å². The summed E-state index contributed by atoms with van der Waals surface area (Å²) in [5, 5.41) is 3.23. The summed E-state index contributed by atoms with van der Waals surface area (Å²) in [7, 11) is 0. The van der Waals surface area contributed by atoms with Gasteiger partial charge < -0.3 is 9.73 Å². The summed E-state index contributed by atoms with van der Waals surface area (Å²) < 4.78 is 4.89. The van der Waals surface area contributed by atoms with Gasteiger partial charge in [-0.1, -0.05) is 0 Å². The van der Waals surface area contributed by atoms with Gasteiger partial charge in [0.2, 0.25) is 0 Å².